The van der Waals surface area contributed by atoms with Crippen molar-refractivity contribution in [2.45, 2.75) is 13.3 Å². The van der Waals surface area contributed by atoms with Gasteiger partial charge < -0.3 is 9.84 Å². The Morgan fingerprint density at radius 2 is 2.22 bits per heavy atom. The van der Waals surface area contributed by atoms with Gasteiger partial charge in [0, 0.05) is 13.7 Å². The Morgan fingerprint density at radius 3 is 2.72 bits per heavy atom. The molecule has 1 heterocycles. The number of aromatic carboxylic acids is 1. The van der Waals surface area contributed by atoms with Crippen molar-refractivity contribution in [1.82, 2.24) is 0 Å². The second-order valence-electron chi connectivity index (χ2n) is 3.70. The van der Waals surface area contributed by atoms with E-state index in [1.807, 2.05) is 0 Å². The molecule has 0 aliphatic carbocycles. The zero-order valence-electron chi connectivity index (χ0n) is 10.1. The lowest BCUT2D eigenvalue weighted by Crippen LogP contribution is -2.17. The van der Waals surface area contributed by atoms with Crippen LogP contribution in [0.1, 0.15) is 21.7 Å². The van der Waals surface area contributed by atoms with Gasteiger partial charge >= 0.3 is 5.97 Å². The van der Waals surface area contributed by atoms with E-state index in [0.717, 1.165) is 11.3 Å². The molecule has 0 aromatic carbocycles. The second-order valence-corrected chi connectivity index (χ2v) is 6.59. The number of carbonyl (C=O) groups is 1. The number of rotatable bonds is 7. The molecule has 1 aromatic rings. The minimum atomic E-state index is -3.45. The number of ether oxygens (including phenoxy) is 1. The Bertz CT molecular complexity index is 520. The summed E-state index contributed by atoms with van der Waals surface area (Å²) < 4.78 is 30.5. The van der Waals surface area contributed by atoms with Crippen LogP contribution in [-0.2, 0) is 14.8 Å². The molecule has 0 bridgehead atoms. The summed E-state index contributed by atoms with van der Waals surface area (Å²) >= 11 is 0.913. The van der Waals surface area contributed by atoms with Gasteiger partial charge in [0.25, 0.3) is 0 Å². The Labute approximate surface area is 110 Å². The Kier molecular flexibility index (Phi) is 5.12. The number of hydrogen-bond donors (Lipinski definition) is 2. The van der Waals surface area contributed by atoms with Crippen LogP contribution in [0.2, 0.25) is 0 Å². The van der Waals surface area contributed by atoms with E-state index in [1.165, 1.54) is 13.2 Å². The van der Waals surface area contributed by atoms with Gasteiger partial charge in [-0.1, -0.05) is 0 Å². The lowest BCUT2D eigenvalue weighted by atomic mass is 10.3. The lowest BCUT2D eigenvalue weighted by Gasteiger charge is -2.04. The number of hydrogen-bond acceptors (Lipinski definition) is 5. The average molecular weight is 293 g/mol. The quantitative estimate of drug-likeness (QED) is 0.744. The van der Waals surface area contributed by atoms with E-state index in [-0.39, 0.29) is 10.6 Å². The number of nitrogens with one attached hydrogen (secondary N) is 1. The van der Waals surface area contributed by atoms with Crippen LogP contribution in [-0.4, -0.2) is 39.0 Å². The molecule has 1 rings (SSSR count). The van der Waals surface area contributed by atoms with Gasteiger partial charge in [-0.25, -0.2) is 13.2 Å². The molecule has 0 saturated carbocycles. The van der Waals surface area contributed by atoms with Crippen LogP contribution in [0.4, 0.5) is 5.00 Å². The van der Waals surface area contributed by atoms with Crippen molar-refractivity contribution >= 4 is 32.3 Å². The van der Waals surface area contributed by atoms with Crippen LogP contribution in [0.15, 0.2) is 6.07 Å². The van der Waals surface area contributed by atoms with Gasteiger partial charge in [-0.3, -0.25) is 4.72 Å². The van der Waals surface area contributed by atoms with Crippen molar-refractivity contribution in [1.29, 1.82) is 0 Å². The van der Waals surface area contributed by atoms with Crippen molar-refractivity contribution in [2.75, 3.05) is 24.2 Å². The third kappa shape index (κ3) is 4.28. The van der Waals surface area contributed by atoms with Crippen molar-refractivity contribution in [3.63, 3.8) is 0 Å². The fraction of sp³-hybridized carbons (Fsp3) is 0.500. The lowest BCUT2D eigenvalue weighted by molar-refractivity contribution is 0.0701. The SMILES string of the molecule is COCCCS(=O)(=O)Nc1cc(C)c(C(=O)O)s1. The smallest absolute Gasteiger partial charge is 0.346 e. The molecule has 6 nitrogen and oxygen atoms in total. The van der Waals surface area contributed by atoms with Crippen molar-refractivity contribution in [3.05, 3.63) is 16.5 Å². The standard InChI is InChI=1S/C10H15NO5S2/c1-7-6-8(17-9(7)10(12)13)11-18(14,15)5-3-4-16-2/h6,11H,3-5H2,1-2H3,(H,12,13). The first kappa shape index (κ1) is 14.9. The van der Waals surface area contributed by atoms with E-state index in [1.54, 1.807) is 6.92 Å². The van der Waals surface area contributed by atoms with Crippen LogP contribution in [0.25, 0.3) is 0 Å². The average Bonchev–Trinajstić information content (AvgIpc) is 2.58. The second kappa shape index (κ2) is 6.17. The van der Waals surface area contributed by atoms with Crippen molar-refractivity contribution < 1.29 is 23.1 Å². The molecule has 102 valence electrons. The normalized spacial score (nSPS) is 11.4. The van der Waals surface area contributed by atoms with Crippen LogP contribution in [0.3, 0.4) is 0 Å². The Morgan fingerprint density at radius 1 is 1.56 bits per heavy atom. The number of anilines is 1. The van der Waals surface area contributed by atoms with Gasteiger partial charge in [0.05, 0.1) is 5.75 Å². The molecule has 18 heavy (non-hydrogen) atoms. The summed E-state index contributed by atoms with van der Waals surface area (Å²) in [6.07, 6.45) is 0.391. The van der Waals surface area contributed by atoms with Crippen LogP contribution >= 0.6 is 11.3 Å². The summed E-state index contributed by atoms with van der Waals surface area (Å²) in [4.78, 5) is 11.0. The summed E-state index contributed by atoms with van der Waals surface area (Å²) in [5.74, 6) is -1.11. The van der Waals surface area contributed by atoms with Crippen LogP contribution < -0.4 is 4.72 Å². The molecule has 0 atom stereocenters. The first-order valence-electron chi connectivity index (χ1n) is 5.19. The van der Waals surface area contributed by atoms with Gasteiger partial charge in [0.15, 0.2) is 0 Å². The highest BCUT2D eigenvalue weighted by atomic mass is 32.2. The van der Waals surface area contributed by atoms with E-state index >= 15 is 0 Å². The number of carboxylic acids is 1. The zero-order chi connectivity index (χ0) is 13.8. The van der Waals surface area contributed by atoms with E-state index in [2.05, 4.69) is 4.72 Å². The minimum absolute atomic E-state index is 0.0554. The molecule has 0 amide bonds. The molecule has 0 aliphatic rings. The predicted octanol–water partition coefficient (Wildman–Crippen LogP) is 1.53. The van der Waals surface area contributed by atoms with Gasteiger partial charge in [-0.15, -0.1) is 11.3 Å². The predicted molar refractivity (Wildman–Crippen MR) is 69.9 cm³/mol. The zero-order valence-corrected chi connectivity index (χ0v) is 11.7. The van der Waals surface area contributed by atoms with E-state index in [0.29, 0.717) is 23.6 Å². The molecule has 1 aromatic heterocycles. The highest BCUT2D eigenvalue weighted by Gasteiger charge is 2.16. The molecule has 0 radical (unpaired) electrons. The number of carboxylic acid groups (broad SMARTS) is 1. The van der Waals surface area contributed by atoms with Crippen LogP contribution in [0, 0.1) is 6.92 Å². The summed E-state index contributed by atoms with van der Waals surface area (Å²) in [5, 5.41) is 9.19. The van der Waals surface area contributed by atoms with Crippen molar-refractivity contribution in [2.24, 2.45) is 0 Å². The molecular weight excluding hydrogens is 278 g/mol. The van der Waals surface area contributed by atoms with E-state index < -0.39 is 16.0 Å². The first-order chi connectivity index (χ1) is 8.35. The molecule has 0 unspecified atom stereocenters. The Hall–Kier alpha value is -1.12. The summed E-state index contributed by atoms with van der Waals surface area (Å²) in [5.41, 5.74) is 0.544. The molecule has 0 spiro atoms. The molecular formula is C10H15NO5S2. The maximum atomic E-state index is 11.7. The largest absolute Gasteiger partial charge is 0.477 e. The monoisotopic (exact) mass is 293 g/mol. The summed E-state index contributed by atoms with van der Waals surface area (Å²) in [6, 6.07) is 1.52. The Balaban J connectivity index is 2.72. The number of methoxy groups -OCH3 is 1. The third-order valence-corrected chi connectivity index (χ3v) is 4.76. The van der Waals surface area contributed by atoms with E-state index in [4.69, 9.17) is 9.84 Å². The van der Waals surface area contributed by atoms with Crippen LogP contribution in [0.5, 0.6) is 0 Å². The van der Waals surface area contributed by atoms with Gasteiger partial charge in [-0.05, 0) is 25.0 Å². The maximum Gasteiger partial charge on any atom is 0.346 e. The molecule has 8 heteroatoms. The highest BCUT2D eigenvalue weighted by molar-refractivity contribution is 7.92. The van der Waals surface area contributed by atoms with Crippen molar-refractivity contribution in [3.8, 4) is 0 Å². The third-order valence-electron chi connectivity index (χ3n) is 2.13. The first-order valence-corrected chi connectivity index (χ1v) is 7.66. The van der Waals surface area contributed by atoms with Gasteiger partial charge in [-0.2, -0.15) is 0 Å². The maximum absolute atomic E-state index is 11.7. The summed E-state index contributed by atoms with van der Waals surface area (Å²) in [6.45, 7) is 1.99. The van der Waals surface area contributed by atoms with E-state index in [9.17, 15) is 13.2 Å². The minimum Gasteiger partial charge on any atom is -0.477 e. The van der Waals surface area contributed by atoms with Gasteiger partial charge in [0.2, 0.25) is 10.0 Å². The number of aryl methyl sites for hydroxylation is 1. The fourth-order valence-electron chi connectivity index (χ4n) is 1.34. The molecule has 0 saturated heterocycles. The fourth-order valence-corrected chi connectivity index (χ4v) is 3.62. The molecule has 0 fully saturated rings. The van der Waals surface area contributed by atoms with Gasteiger partial charge in [0.1, 0.15) is 9.88 Å². The molecule has 0 aliphatic heterocycles. The number of sulfonamides is 1. The topological polar surface area (TPSA) is 92.7 Å². The highest BCUT2D eigenvalue weighted by Crippen LogP contribution is 2.27. The summed E-state index contributed by atoms with van der Waals surface area (Å²) in [7, 11) is -1.95. The number of thiophene rings is 1. The molecule has 2 N–H and O–H groups in total.